The summed E-state index contributed by atoms with van der Waals surface area (Å²) in [6.45, 7) is 0.809. The standard InChI is InChI=1S/C11H11BrFN3O3/c12-8-3-7(16(18)19)4-9(13)10(8)15-2-1-6(5-15)11(14)17/h3-4,6H,1-2,5H2,(H2,14,17). The van der Waals surface area contributed by atoms with E-state index in [0.717, 1.165) is 6.07 Å². The Bertz CT molecular complexity index is 529. The van der Waals surface area contributed by atoms with E-state index in [4.69, 9.17) is 5.73 Å². The first-order valence-electron chi connectivity index (χ1n) is 5.58. The number of nitro benzene ring substituents is 1. The minimum atomic E-state index is -0.689. The van der Waals surface area contributed by atoms with Crippen molar-refractivity contribution in [3.63, 3.8) is 0 Å². The van der Waals surface area contributed by atoms with E-state index >= 15 is 0 Å². The van der Waals surface area contributed by atoms with E-state index in [1.165, 1.54) is 6.07 Å². The molecule has 1 aliphatic rings. The highest BCUT2D eigenvalue weighted by Gasteiger charge is 2.30. The highest BCUT2D eigenvalue weighted by Crippen LogP contribution is 2.36. The number of nitrogens with two attached hydrogens (primary N) is 1. The van der Waals surface area contributed by atoms with Crippen LogP contribution in [0.15, 0.2) is 16.6 Å². The van der Waals surface area contributed by atoms with Gasteiger partial charge in [0.2, 0.25) is 5.91 Å². The molecule has 0 aliphatic carbocycles. The summed E-state index contributed by atoms with van der Waals surface area (Å²) in [5.41, 5.74) is 5.13. The number of anilines is 1. The summed E-state index contributed by atoms with van der Waals surface area (Å²) in [7, 11) is 0. The maximum atomic E-state index is 14.0. The van der Waals surface area contributed by atoms with Gasteiger partial charge in [0.25, 0.3) is 5.69 Å². The molecule has 1 aromatic rings. The number of rotatable bonds is 3. The van der Waals surface area contributed by atoms with E-state index in [1.54, 1.807) is 4.90 Å². The molecule has 1 fully saturated rings. The molecular weight excluding hydrogens is 321 g/mol. The fraction of sp³-hybridized carbons (Fsp3) is 0.364. The fourth-order valence-corrected chi connectivity index (χ4v) is 2.83. The van der Waals surface area contributed by atoms with Gasteiger partial charge >= 0.3 is 0 Å². The molecule has 1 aliphatic heterocycles. The third kappa shape index (κ3) is 2.67. The van der Waals surface area contributed by atoms with Crippen LogP contribution >= 0.6 is 15.9 Å². The van der Waals surface area contributed by atoms with Gasteiger partial charge in [-0.25, -0.2) is 4.39 Å². The van der Waals surface area contributed by atoms with Crippen molar-refractivity contribution in [1.29, 1.82) is 0 Å². The molecule has 8 heteroatoms. The van der Waals surface area contributed by atoms with Crippen molar-refractivity contribution in [2.45, 2.75) is 6.42 Å². The van der Waals surface area contributed by atoms with Gasteiger partial charge in [-0.3, -0.25) is 14.9 Å². The molecule has 19 heavy (non-hydrogen) atoms. The van der Waals surface area contributed by atoms with Crippen LogP contribution in [0.3, 0.4) is 0 Å². The van der Waals surface area contributed by atoms with Crippen LogP contribution in [0, 0.1) is 21.8 Å². The van der Waals surface area contributed by atoms with Crippen molar-refractivity contribution in [1.82, 2.24) is 0 Å². The average Bonchev–Trinajstić information content (AvgIpc) is 2.77. The van der Waals surface area contributed by atoms with E-state index in [9.17, 15) is 19.3 Å². The molecule has 0 radical (unpaired) electrons. The average molecular weight is 332 g/mol. The van der Waals surface area contributed by atoms with Gasteiger partial charge in [-0.05, 0) is 22.4 Å². The largest absolute Gasteiger partial charge is 0.369 e. The quantitative estimate of drug-likeness (QED) is 0.675. The fourth-order valence-electron chi connectivity index (χ4n) is 2.16. The van der Waals surface area contributed by atoms with Crippen molar-refractivity contribution in [2.75, 3.05) is 18.0 Å². The van der Waals surface area contributed by atoms with Gasteiger partial charge < -0.3 is 10.6 Å². The molecule has 2 N–H and O–H groups in total. The summed E-state index contributed by atoms with van der Waals surface area (Å²) in [5, 5.41) is 10.6. The van der Waals surface area contributed by atoms with Gasteiger partial charge in [-0.15, -0.1) is 0 Å². The molecule has 0 aromatic heterocycles. The Hall–Kier alpha value is -1.70. The molecule has 1 atom stereocenters. The number of amides is 1. The van der Waals surface area contributed by atoms with Gasteiger partial charge in [0, 0.05) is 19.2 Å². The Morgan fingerprint density at radius 2 is 2.26 bits per heavy atom. The molecule has 1 aromatic carbocycles. The van der Waals surface area contributed by atoms with Crippen LogP contribution in [0.2, 0.25) is 0 Å². The number of primary amides is 1. The molecule has 0 bridgehead atoms. The first-order valence-corrected chi connectivity index (χ1v) is 6.37. The normalized spacial score (nSPS) is 18.6. The SMILES string of the molecule is NC(=O)C1CCN(c2c(F)cc([N+](=O)[O-])cc2Br)C1. The van der Waals surface area contributed by atoms with Crippen LogP contribution in [-0.4, -0.2) is 23.9 Å². The van der Waals surface area contributed by atoms with E-state index in [0.29, 0.717) is 24.0 Å². The summed E-state index contributed by atoms with van der Waals surface area (Å²) < 4.78 is 14.3. The van der Waals surface area contributed by atoms with Crippen LogP contribution < -0.4 is 10.6 Å². The molecule has 1 saturated heterocycles. The highest BCUT2D eigenvalue weighted by atomic mass is 79.9. The zero-order chi connectivity index (χ0) is 14.2. The Kier molecular flexibility index (Phi) is 3.70. The van der Waals surface area contributed by atoms with Crippen molar-refractivity contribution in [3.05, 3.63) is 32.5 Å². The molecule has 1 unspecified atom stereocenters. The molecule has 2 rings (SSSR count). The van der Waals surface area contributed by atoms with Gasteiger partial charge in [0.15, 0.2) is 5.82 Å². The van der Waals surface area contributed by atoms with Crippen LogP contribution in [0.25, 0.3) is 0 Å². The minimum absolute atomic E-state index is 0.231. The summed E-state index contributed by atoms with van der Waals surface area (Å²) >= 11 is 3.13. The number of hydrogen-bond acceptors (Lipinski definition) is 4. The summed E-state index contributed by atoms with van der Waals surface area (Å²) in [4.78, 5) is 22.7. The van der Waals surface area contributed by atoms with E-state index in [-0.39, 0.29) is 17.3 Å². The summed E-state index contributed by atoms with van der Waals surface area (Å²) in [6, 6.07) is 2.12. The lowest BCUT2D eigenvalue weighted by Crippen LogP contribution is -2.27. The zero-order valence-corrected chi connectivity index (χ0v) is 11.4. The lowest BCUT2D eigenvalue weighted by atomic mass is 10.1. The monoisotopic (exact) mass is 331 g/mol. The second kappa shape index (κ2) is 5.12. The molecule has 0 spiro atoms. The number of hydrogen-bond donors (Lipinski definition) is 1. The van der Waals surface area contributed by atoms with Crippen molar-refractivity contribution in [2.24, 2.45) is 11.7 Å². The smallest absolute Gasteiger partial charge is 0.273 e. The van der Waals surface area contributed by atoms with Gasteiger partial charge in [0.05, 0.1) is 27.1 Å². The lowest BCUT2D eigenvalue weighted by molar-refractivity contribution is -0.385. The van der Waals surface area contributed by atoms with E-state index in [2.05, 4.69) is 15.9 Å². The molecular formula is C11H11BrFN3O3. The van der Waals surface area contributed by atoms with E-state index in [1.807, 2.05) is 0 Å². The molecule has 1 heterocycles. The number of benzene rings is 1. The lowest BCUT2D eigenvalue weighted by Gasteiger charge is -2.20. The highest BCUT2D eigenvalue weighted by molar-refractivity contribution is 9.10. The van der Waals surface area contributed by atoms with Crippen LogP contribution in [0.5, 0.6) is 0 Å². The third-order valence-corrected chi connectivity index (χ3v) is 3.72. The van der Waals surface area contributed by atoms with Crippen molar-refractivity contribution < 1.29 is 14.1 Å². The number of carbonyl (C=O) groups excluding carboxylic acids is 1. The maximum absolute atomic E-state index is 14.0. The van der Waals surface area contributed by atoms with Gasteiger partial charge in [-0.1, -0.05) is 0 Å². The van der Waals surface area contributed by atoms with Crippen molar-refractivity contribution >= 4 is 33.2 Å². The van der Waals surface area contributed by atoms with Crippen LogP contribution in [0.1, 0.15) is 6.42 Å². The third-order valence-electron chi connectivity index (χ3n) is 3.12. The second-order valence-electron chi connectivity index (χ2n) is 4.35. The first kappa shape index (κ1) is 13.7. The maximum Gasteiger partial charge on any atom is 0.273 e. The Morgan fingerprint density at radius 3 is 2.74 bits per heavy atom. The number of non-ortho nitro benzene ring substituents is 1. The minimum Gasteiger partial charge on any atom is -0.369 e. The predicted molar refractivity (Wildman–Crippen MR) is 70.3 cm³/mol. The van der Waals surface area contributed by atoms with Crippen molar-refractivity contribution in [3.8, 4) is 0 Å². The zero-order valence-electron chi connectivity index (χ0n) is 9.81. The second-order valence-corrected chi connectivity index (χ2v) is 5.20. The molecule has 0 saturated carbocycles. The number of nitrogens with zero attached hydrogens (tertiary/aromatic N) is 2. The molecule has 102 valence electrons. The van der Waals surface area contributed by atoms with Crippen LogP contribution in [-0.2, 0) is 4.79 Å². The molecule has 1 amide bonds. The topological polar surface area (TPSA) is 89.5 Å². The van der Waals surface area contributed by atoms with Gasteiger partial charge in [-0.2, -0.15) is 0 Å². The first-order chi connectivity index (χ1) is 8.90. The number of halogens is 2. The van der Waals surface area contributed by atoms with E-state index < -0.39 is 16.6 Å². The number of carbonyl (C=O) groups is 1. The number of nitro groups is 1. The summed E-state index contributed by atoms with van der Waals surface area (Å²) in [6.07, 6.45) is 0.554. The Morgan fingerprint density at radius 1 is 1.58 bits per heavy atom. The predicted octanol–water partition coefficient (Wildman–Crippen LogP) is 1.81. The van der Waals surface area contributed by atoms with Crippen LogP contribution in [0.4, 0.5) is 15.8 Å². The molecule has 6 nitrogen and oxygen atoms in total. The summed E-state index contributed by atoms with van der Waals surface area (Å²) in [5.74, 6) is -1.42. The Labute approximate surface area is 116 Å². The Balaban J connectivity index is 2.31. The van der Waals surface area contributed by atoms with Gasteiger partial charge in [0.1, 0.15) is 0 Å².